The molecule has 1 amide bonds. The number of nitrogens with zero attached hydrogens (tertiary/aromatic N) is 2. The summed E-state index contributed by atoms with van der Waals surface area (Å²) in [5, 5.41) is 11.5. The Morgan fingerprint density at radius 3 is 2.89 bits per heavy atom. The van der Waals surface area contributed by atoms with Crippen molar-refractivity contribution in [3.8, 4) is 0 Å². The molecular formula is C12H9N3O3S. The number of nitrogens with one attached hydrogen (secondary N) is 1. The Bertz CT molecular complexity index is 622. The van der Waals surface area contributed by atoms with Crippen molar-refractivity contribution >= 4 is 34.4 Å². The molecule has 96 valence electrons. The number of thiazole rings is 1. The van der Waals surface area contributed by atoms with E-state index in [2.05, 4.69) is 15.3 Å². The molecule has 0 atom stereocenters. The fourth-order valence-electron chi connectivity index (χ4n) is 1.24. The van der Waals surface area contributed by atoms with Gasteiger partial charge in [-0.15, -0.1) is 0 Å². The summed E-state index contributed by atoms with van der Waals surface area (Å²) in [6, 6.07) is 3.30. The predicted octanol–water partition coefficient (Wildman–Crippen LogP) is 1.89. The van der Waals surface area contributed by atoms with Crippen LogP contribution in [0.2, 0.25) is 0 Å². The van der Waals surface area contributed by atoms with Gasteiger partial charge in [0.05, 0.1) is 5.56 Å². The van der Waals surface area contributed by atoms with E-state index >= 15 is 0 Å². The molecule has 7 heteroatoms. The van der Waals surface area contributed by atoms with Crippen LogP contribution in [-0.2, 0) is 4.79 Å². The van der Waals surface area contributed by atoms with Crippen molar-refractivity contribution < 1.29 is 14.7 Å². The summed E-state index contributed by atoms with van der Waals surface area (Å²) in [7, 11) is 0. The zero-order valence-corrected chi connectivity index (χ0v) is 10.4. The summed E-state index contributed by atoms with van der Waals surface area (Å²) >= 11 is 1.18. The largest absolute Gasteiger partial charge is 0.478 e. The molecule has 0 aliphatic heterocycles. The average molecular weight is 275 g/mol. The van der Waals surface area contributed by atoms with Gasteiger partial charge in [-0.25, -0.2) is 9.78 Å². The highest BCUT2D eigenvalue weighted by Gasteiger charge is 2.08. The van der Waals surface area contributed by atoms with Gasteiger partial charge in [0.1, 0.15) is 0 Å². The van der Waals surface area contributed by atoms with Crippen LogP contribution in [0, 0.1) is 0 Å². The Morgan fingerprint density at radius 1 is 1.37 bits per heavy atom. The molecule has 2 aromatic heterocycles. The minimum absolute atomic E-state index is 0.309. The van der Waals surface area contributed by atoms with Gasteiger partial charge in [-0.05, 0) is 18.2 Å². The lowest BCUT2D eigenvalue weighted by atomic mass is 10.3. The molecule has 0 radical (unpaired) electrons. The number of rotatable bonds is 4. The van der Waals surface area contributed by atoms with Crippen molar-refractivity contribution in [3.63, 3.8) is 0 Å². The van der Waals surface area contributed by atoms with Gasteiger partial charge in [-0.2, -0.15) is 0 Å². The van der Waals surface area contributed by atoms with Gasteiger partial charge in [0.25, 0.3) is 5.91 Å². The molecule has 2 rings (SSSR count). The van der Waals surface area contributed by atoms with E-state index in [1.54, 1.807) is 18.3 Å². The molecule has 0 bridgehead atoms. The molecule has 2 heterocycles. The maximum absolute atomic E-state index is 11.8. The fraction of sp³-hybridized carbons (Fsp3) is 0. The van der Waals surface area contributed by atoms with Crippen molar-refractivity contribution in [1.29, 1.82) is 0 Å². The lowest BCUT2D eigenvalue weighted by molar-refractivity contribution is -0.131. The molecule has 0 unspecified atom stereocenters. The van der Waals surface area contributed by atoms with Crippen LogP contribution in [0.1, 0.15) is 15.2 Å². The minimum atomic E-state index is -1.03. The maximum Gasteiger partial charge on any atom is 0.328 e. The molecule has 2 N–H and O–H groups in total. The van der Waals surface area contributed by atoms with Crippen molar-refractivity contribution in [3.05, 3.63) is 47.2 Å². The van der Waals surface area contributed by atoms with Crippen LogP contribution in [-0.4, -0.2) is 27.0 Å². The molecule has 0 saturated heterocycles. The molecule has 2 aromatic rings. The molecule has 0 fully saturated rings. The summed E-state index contributed by atoms with van der Waals surface area (Å²) < 4.78 is 0. The summed E-state index contributed by atoms with van der Waals surface area (Å²) in [5.74, 6) is -1.34. The highest BCUT2D eigenvalue weighted by Crippen LogP contribution is 2.19. The normalized spacial score (nSPS) is 10.5. The number of aliphatic carboxylic acids is 1. The highest BCUT2D eigenvalue weighted by atomic mass is 32.1. The number of hydrogen-bond donors (Lipinski definition) is 2. The van der Waals surface area contributed by atoms with Gasteiger partial charge in [0.2, 0.25) is 0 Å². The third-order valence-corrected chi connectivity index (χ3v) is 2.94. The number of aromatic nitrogens is 2. The van der Waals surface area contributed by atoms with E-state index < -0.39 is 5.97 Å². The summed E-state index contributed by atoms with van der Waals surface area (Å²) in [4.78, 5) is 30.6. The predicted molar refractivity (Wildman–Crippen MR) is 71.0 cm³/mol. The molecule has 0 aliphatic carbocycles. The number of carbonyl (C=O) groups excluding carboxylic acids is 1. The zero-order chi connectivity index (χ0) is 13.7. The summed E-state index contributed by atoms with van der Waals surface area (Å²) in [5.41, 5.74) is 0.431. The molecule has 0 spiro atoms. The third-order valence-electron chi connectivity index (χ3n) is 2.06. The van der Waals surface area contributed by atoms with Gasteiger partial charge >= 0.3 is 5.97 Å². The Morgan fingerprint density at radius 2 is 2.21 bits per heavy atom. The Balaban J connectivity index is 2.04. The molecule has 6 nitrogen and oxygen atoms in total. The molecule has 19 heavy (non-hydrogen) atoms. The van der Waals surface area contributed by atoms with E-state index in [4.69, 9.17) is 5.11 Å². The van der Waals surface area contributed by atoms with Crippen molar-refractivity contribution in [1.82, 2.24) is 9.97 Å². The topological polar surface area (TPSA) is 92.2 Å². The number of anilines is 1. The molecule has 0 aromatic carbocycles. The number of amides is 1. The Hall–Kier alpha value is -2.54. The van der Waals surface area contributed by atoms with E-state index in [0.717, 1.165) is 6.08 Å². The number of carbonyl (C=O) groups is 2. The van der Waals surface area contributed by atoms with Crippen molar-refractivity contribution in [2.75, 3.05) is 5.32 Å². The van der Waals surface area contributed by atoms with E-state index in [0.29, 0.717) is 15.6 Å². The maximum atomic E-state index is 11.8. The standard InChI is InChI=1S/C12H9N3O3S/c16-10(17)4-3-9-7-14-12(19-9)15-11(18)8-2-1-5-13-6-8/h1-7H,(H,16,17)(H,14,15,18)/b4-3+. The van der Waals surface area contributed by atoms with Gasteiger partial charge in [-0.3, -0.25) is 15.1 Å². The first-order chi connectivity index (χ1) is 9.15. The van der Waals surface area contributed by atoms with Crippen LogP contribution >= 0.6 is 11.3 Å². The van der Waals surface area contributed by atoms with Gasteiger partial charge in [-0.1, -0.05) is 11.3 Å². The smallest absolute Gasteiger partial charge is 0.328 e. The van der Waals surface area contributed by atoms with Crippen LogP contribution in [0.3, 0.4) is 0 Å². The number of carboxylic acid groups (broad SMARTS) is 1. The quantitative estimate of drug-likeness (QED) is 0.831. The van der Waals surface area contributed by atoms with Crippen LogP contribution in [0.4, 0.5) is 5.13 Å². The highest BCUT2D eigenvalue weighted by molar-refractivity contribution is 7.16. The van der Waals surface area contributed by atoms with E-state index in [1.807, 2.05) is 0 Å². The minimum Gasteiger partial charge on any atom is -0.478 e. The monoisotopic (exact) mass is 275 g/mol. The van der Waals surface area contributed by atoms with Crippen molar-refractivity contribution in [2.45, 2.75) is 0 Å². The first kappa shape index (κ1) is 12.9. The summed E-state index contributed by atoms with van der Waals surface area (Å²) in [6.45, 7) is 0. The number of carboxylic acids is 1. The van der Waals surface area contributed by atoms with Crippen LogP contribution in [0.15, 0.2) is 36.8 Å². The second kappa shape index (κ2) is 5.87. The summed E-state index contributed by atoms with van der Waals surface area (Å²) in [6.07, 6.45) is 6.95. The third kappa shape index (κ3) is 3.71. The number of pyridine rings is 1. The van der Waals surface area contributed by atoms with Crippen molar-refractivity contribution in [2.24, 2.45) is 0 Å². The average Bonchev–Trinajstić information content (AvgIpc) is 2.85. The molecular weight excluding hydrogens is 266 g/mol. The van der Waals surface area contributed by atoms with Gasteiger partial charge in [0, 0.05) is 29.5 Å². The fourth-order valence-corrected chi connectivity index (χ4v) is 1.96. The lowest BCUT2D eigenvalue weighted by Gasteiger charge is -1.99. The first-order valence-electron chi connectivity index (χ1n) is 5.23. The van der Waals surface area contributed by atoms with Gasteiger partial charge in [0.15, 0.2) is 5.13 Å². The zero-order valence-electron chi connectivity index (χ0n) is 9.61. The van der Waals surface area contributed by atoms with Crippen LogP contribution in [0.5, 0.6) is 0 Å². The molecule has 0 saturated carbocycles. The number of hydrogen-bond acceptors (Lipinski definition) is 5. The second-order valence-electron chi connectivity index (χ2n) is 3.44. The Kier molecular flexibility index (Phi) is 3.99. The first-order valence-corrected chi connectivity index (χ1v) is 6.05. The van der Waals surface area contributed by atoms with E-state index in [-0.39, 0.29) is 5.91 Å². The second-order valence-corrected chi connectivity index (χ2v) is 4.50. The lowest BCUT2D eigenvalue weighted by Crippen LogP contribution is -2.11. The van der Waals surface area contributed by atoms with Crippen LogP contribution < -0.4 is 5.32 Å². The van der Waals surface area contributed by atoms with Gasteiger partial charge < -0.3 is 5.11 Å². The molecule has 0 aliphatic rings. The van der Waals surface area contributed by atoms with E-state index in [1.165, 1.54) is 29.8 Å². The Labute approximate surface area is 112 Å². The van der Waals surface area contributed by atoms with E-state index in [9.17, 15) is 9.59 Å². The SMILES string of the molecule is O=C(O)/C=C/c1cnc(NC(=O)c2cccnc2)s1. The van der Waals surface area contributed by atoms with Crippen LogP contribution in [0.25, 0.3) is 6.08 Å².